The van der Waals surface area contributed by atoms with E-state index in [-0.39, 0.29) is 25.9 Å². The van der Waals surface area contributed by atoms with Crippen LogP contribution in [0.4, 0.5) is 0 Å². The number of carbonyl (C=O) groups is 3. The maximum Gasteiger partial charge on any atom is 0.472 e. The standard InChI is InChI=1S/C70H113O11P/c1-4-7-10-13-16-19-22-25-28-31-33-36-38-41-44-47-50-53-56-59-68(72)77-63-67(81-70(74)61-58-55-52-49-46-43-40-37-34-32-29-26-23-20-17-14-11-8-5-2)65-79-82(75,76)78-64-66(62-71)80-69(73)60-57-54-51-48-45-42-39-35-30-27-24-21-18-15-12-9-6-3/h8-9,11-12,16-21,25-30,34,37,39,42-43,46,48,51,66-67,71H,4-7,10,13-15,22-24,31-33,35-36,38,40-41,44-45,47,49-50,52-65H2,1-3H3,(H,75,76)/b11-8-,12-9-,19-16-,20-17-,21-18-,28-25-,29-26-,30-27-,37-34-,42-39-,46-43-,51-48-. The van der Waals surface area contributed by atoms with Crippen LogP contribution < -0.4 is 0 Å². The van der Waals surface area contributed by atoms with E-state index in [0.29, 0.717) is 25.7 Å². The molecule has 0 spiro atoms. The summed E-state index contributed by atoms with van der Waals surface area (Å²) in [6.07, 6.45) is 80.9. The predicted molar refractivity (Wildman–Crippen MR) is 343 cm³/mol. The van der Waals surface area contributed by atoms with Crippen LogP contribution in [0.5, 0.6) is 0 Å². The van der Waals surface area contributed by atoms with Crippen molar-refractivity contribution >= 4 is 25.7 Å². The second-order valence-electron chi connectivity index (χ2n) is 20.5. The number of rotatable bonds is 57. The zero-order chi connectivity index (χ0) is 59.8. The van der Waals surface area contributed by atoms with E-state index in [1.807, 2.05) is 12.2 Å². The summed E-state index contributed by atoms with van der Waals surface area (Å²) in [7, 11) is -4.79. The summed E-state index contributed by atoms with van der Waals surface area (Å²) in [6.45, 7) is 4.29. The molecule has 82 heavy (non-hydrogen) atoms. The fourth-order valence-electron chi connectivity index (χ4n) is 7.98. The summed E-state index contributed by atoms with van der Waals surface area (Å²) >= 11 is 0. The number of hydrogen-bond acceptors (Lipinski definition) is 10. The fourth-order valence-corrected chi connectivity index (χ4v) is 8.76. The van der Waals surface area contributed by atoms with Gasteiger partial charge in [0.2, 0.25) is 0 Å². The molecule has 11 nitrogen and oxygen atoms in total. The topological polar surface area (TPSA) is 155 Å². The Bertz CT molecular complexity index is 1930. The molecule has 0 aromatic carbocycles. The van der Waals surface area contributed by atoms with Crippen molar-refractivity contribution in [1.29, 1.82) is 0 Å². The first-order valence-corrected chi connectivity index (χ1v) is 33.2. The molecule has 0 aromatic rings. The van der Waals surface area contributed by atoms with Crippen molar-refractivity contribution in [1.82, 2.24) is 0 Å². The van der Waals surface area contributed by atoms with Crippen molar-refractivity contribution in [3.8, 4) is 0 Å². The highest BCUT2D eigenvalue weighted by Crippen LogP contribution is 2.43. The Hall–Kier alpha value is -4.64. The number of aliphatic hydroxyl groups is 1. The van der Waals surface area contributed by atoms with E-state index in [1.165, 1.54) is 57.8 Å². The van der Waals surface area contributed by atoms with Crippen molar-refractivity contribution in [2.24, 2.45) is 0 Å². The van der Waals surface area contributed by atoms with Gasteiger partial charge in [-0.2, -0.15) is 0 Å². The minimum Gasteiger partial charge on any atom is -0.462 e. The molecule has 0 saturated heterocycles. The quantitative estimate of drug-likeness (QED) is 0.0197. The minimum absolute atomic E-state index is 0.0882. The molecule has 3 atom stereocenters. The van der Waals surface area contributed by atoms with Crippen molar-refractivity contribution in [3.63, 3.8) is 0 Å². The third kappa shape index (κ3) is 60.0. The number of esters is 3. The summed E-state index contributed by atoms with van der Waals surface area (Å²) in [5.41, 5.74) is 0. The number of carbonyl (C=O) groups excluding carboxylic acids is 3. The van der Waals surface area contributed by atoms with Crippen LogP contribution in [0.2, 0.25) is 0 Å². The van der Waals surface area contributed by atoms with Crippen LogP contribution in [0.1, 0.15) is 239 Å². The van der Waals surface area contributed by atoms with Crippen LogP contribution in [0.15, 0.2) is 146 Å². The summed E-state index contributed by atoms with van der Waals surface area (Å²) in [5, 5.41) is 9.84. The van der Waals surface area contributed by atoms with Gasteiger partial charge in [-0.3, -0.25) is 23.4 Å². The molecule has 0 bridgehead atoms. The normalized spacial score (nSPS) is 14.3. The Morgan fingerprint density at radius 1 is 0.354 bits per heavy atom. The van der Waals surface area contributed by atoms with E-state index in [9.17, 15) is 28.9 Å². The van der Waals surface area contributed by atoms with Gasteiger partial charge < -0.3 is 24.2 Å². The molecule has 0 amide bonds. The molecule has 0 fully saturated rings. The number of allylic oxidation sites excluding steroid dienone is 24. The van der Waals surface area contributed by atoms with Crippen molar-refractivity contribution < 1.29 is 52.2 Å². The summed E-state index contributed by atoms with van der Waals surface area (Å²) < 4.78 is 39.6. The number of ether oxygens (including phenoxy) is 3. The average Bonchev–Trinajstić information content (AvgIpc) is 3.50. The van der Waals surface area contributed by atoms with Gasteiger partial charge in [-0.15, -0.1) is 0 Å². The fraction of sp³-hybridized carbons (Fsp3) is 0.614. The first kappa shape index (κ1) is 77.4. The van der Waals surface area contributed by atoms with E-state index in [0.717, 1.165) is 116 Å². The van der Waals surface area contributed by atoms with Gasteiger partial charge in [0.25, 0.3) is 0 Å². The molecule has 0 heterocycles. The Labute approximate surface area is 499 Å². The number of aliphatic hydroxyl groups excluding tert-OH is 1. The highest BCUT2D eigenvalue weighted by atomic mass is 31.2. The molecule has 0 aliphatic heterocycles. The summed E-state index contributed by atoms with van der Waals surface area (Å²) in [5.74, 6) is -1.58. The maximum atomic E-state index is 13.0. The van der Waals surface area contributed by atoms with E-state index >= 15 is 0 Å². The van der Waals surface area contributed by atoms with Gasteiger partial charge in [0.15, 0.2) is 6.10 Å². The third-order valence-corrected chi connectivity index (χ3v) is 13.7. The van der Waals surface area contributed by atoms with Crippen molar-refractivity contribution in [3.05, 3.63) is 146 Å². The second kappa shape index (κ2) is 62.4. The monoisotopic (exact) mass is 1160 g/mol. The van der Waals surface area contributed by atoms with Crippen LogP contribution in [0, 0.1) is 0 Å². The zero-order valence-corrected chi connectivity index (χ0v) is 52.3. The van der Waals surface area contributed by atoms with Gasteiger partial charge in [0.05, 0.1) is 19.8 Å². The lowest BCUT2D eigenvalue weighted by atomic mass is 10.1. The van der Waals surface area contributed by atoms with E-state index in [1.54, 1.807) is 0 Å². The highest BCUT2D eigenvalue weighted by molar-refractivity contribution is 7.47. The SMILES string of the molecule is CC/C=C\C/C=C\C/C=C\C/C=C\C/C=C\CCCCCC(=O)OC(COC(=O)CCCCCCCCCCC/C=C\C/C=C\CCCCC)COP(=O)(O)OCC(CO)OC(=O)CCC/C=C\C/C=C\C/C=C\C/C=C\C/C=C\CC. The molecule has 2 N–H and O–H groups in total. The lowest BCUT2D eigenvalue weighted by molar-refractivity contribution is -0.161. The Morgan fingerprint density at radius 3 is 1.04 bits per heavy atom. The van der Waals surface area contributed by atoms with Gasteiger partial charge >= 0.3 is 25.7 Å². The largest absolute Gasteiger partial charge is 0.472 e. The van der Waals surface area contributed by atoms with Crippen LogP contribution >= 0.6 is 7.82 Å². The molecule has 12 heteroatoms. The first-order valence-electron chi connectivity index (χ1n) is 31.7. The molecule has 464 valence electrons. The minimum atomic E-state index is -4.79. The van der Waals surface area contributed by atoms with Crippen LogP contribution in [-0.2, 0) is 42.2 Å². The smallest absolute Gasteiger partial charge is 0.462 e. The number of phosphoric ester groups is 1. The van der Waals surface area contributed by atoms with Gasteiger partial charge in [-0.05, 0) is 135 Å². The number of hydrogen-bond donors (Lipinski definition) is 2. The number of unbranched alkanes of at least 4 members (excludes halogenated alkanes) is 16. The van der Waals surface area contributed by atoms with E-state index in [2.05, 4.69) is 154 Å². The predicted octanol–water partition coefficient (Wildman–Crippen LogP) is 19.5. The molecule has 0 aliphatic carbocycles. The van der Waals surface area contributed by atoms with E-state index in [4.69, 9.17) is 23.3 Å². The van der Waals surface area contributed by atoms with E-state index < -0.39 is 57.8 Å². The first-order chi connectivity index (χ1) is 40.2. The molecule has 0 saturated carbocycles. The van der Waals surface area contributed by atoms with Gasteiger partial charge in [-0.1, -0.05) is 231 Å². The Morgan fingerprint density at radius 2 is 0.646 bits per heavy atom. The third-order valence-electron chi connectivity index (χ3n) is 12.7. The van der Waals surface area contributed by atoms with Crippen LogP contribution in [0.25, 0.3) is 0 Å². The van der Waals surface area contributed by atoms with Crippen LogP contribution in [-0.4, -0.2) is 66.5 Å². The average molecular weight is 1160 g/mol. The van der Waals surface area contributed by atoms with Gasteiger partial charge in [-0.25, -0.2) is 4.57 Å². The zero-order valence-electron chi connectivity index (χ0n) is 51.4. The van der Waals surface area contributed by atoms with Gasteiger partial charge in [0, 0.05) is 19.3 Å². The second-order valence-corrected chi connectivity index (χ2v) is 21.9. The Balaban J connectivity index is 4.85. The Kier molecular flexibility index (Phi) is 58.9. The maximum absolute atomic E-state index is 13.0. The molecular weight excluding hydrogens is 1050 g/mol. The highest BCUT2D eigenvalue weighted by Gasteiger charge is 2.28. The molecule has 0 rings (SSSR count). The molecule has 0 radical (unpaired) electrons. The van der Waals surface area contributed by atoms with Gasteiger partial charge in [0.1, 0.15) is 12.7 Å². The molecule has 3 unspecified atom stereocenters. The number of phosphoric acid groups is 1. The molecule has 0 aliphatic rings. The van der Waals surface area contributed by atoms with Crippen molar-refractivity contribution in [2.75, 3.05) is 26.4 Å². The molecular formula is C70H113O11P. The lowest BCUT2D eigenvalue weighted by Crippen LogP contribution is -2.30. The lowest BCUT2D eigenvalue weighted by Gasteiger charge is -2.21. The summed E-state index contributed by atoms with van der Waals surface area (Å²) in [4.78, 5) is 48.7. The molecule has 0 aromatic heterocycles. The van der Waals surface area contributed by atoms with Crippen molar-refractivity contribution in [2.45, 2.75) is 251 Å². The van der Waals surface area contributed by atoms with Crippen LogP contribution in [0.3, 0.4) is 0 Å². The summed E-state index contributed by atoms with van der Waals surface area (Å²) in [6, 6.07) is 0.